The van der Waals surface area contributed by atoms with E-state index in [-0.39, 0.29) is 17.7 Å². The Bertz CT molecular complexity index is 518. The van der Waals surface area contributed by atoms with E-state index in [1.54, 1.807) is 0 Å². The normalized spacial score (nSPS) is 10.8. The number of aromatic carboxylic acids is 1. The van der Waals surface area contributed by atoms with E-state index < -0.39 is 23.3 Å². The van der Waals surface area contributed by atoms with Gasteiger partial charge < -0.3 is 14.9 Å². The van der Waals surface area contributed by atoms with Crippen LogP contribution < -0.4 is 0 Å². The van der Waals surface area contributed by atoms with Crippen LogP contribution in [-0.2, 0) is 9.53 Å². The lowest BCUT2D eigenvalue weighted by molar-refractivity contribution is -0.149. The molecule has 0 aliphatic carbocycles. The molecule has 0 fully saturated rings. The molecule has 0 aliphatic rings. The van der Waals surface area contributed by atoms with Gasteiger partial charge in [-0.3, -0.25) is 4.79 Å². The number of carbonyl (C=O) groups is 3. The number of esters is 1. The Labute approximate surface area is 109 Å². The molecule has 0 bridgehead atoms. The number of benzene rings is 1. The summed E-state index contributed by atoms with van der Waals surface area (Å²) in [4.78, 5) is 33.6. The zero-order valence-electron chi connectivity index (χ0n) is 10.5. The van der Waals surface area contributed by atoms with Crippen molar-refractivity contribution in [3.63, 3.8) is 0 Å². The van der Waals surface area contributed by atoms with Crippen molar-refractivity contribution in [2.75, 3.05) is 6.61 Å². The fourth-order valence-electron chi connectivity index (χ4n) is 1.23. The van der Waals surface area contributed by atoms with Crippen LogP contribution in [0.3, 0.4) is 0 Å². The van der Waals surface area contributed by atoms with Crippen LogP contribution >= 0.6 is 0 Å². The van der Waals surface area contributed by atoms with Gasteiger partial charge in [0.2, 0.25) is 0 Å². The molecule has 0 aromatic heterocycles. The number of carboxylic acids is 2. The van der Waals surface area contributed by atoms with Gasteiger partial charge in [0.05, 0.1) is 16.5 Å². The van der Waals surface area contributed by atoms with Gasteiger partial charge in [-0.15, -0.1) is 0 Å². The van der Waals surface area contributed by atoms with Crippen LogP contribution in [-0.4, -0.2) is 34.7 Å². The fraction of sp³-hybridized carbons (Fsp3) is 0.308. The molecule has 0 heterocycles. The van der Waals surface area contributed by atoms with E-state index in [0.717, 1.165) is 0 Å². The van der Waals surface area contributed by atoms with Crippen molar-refractivity contribution in [3.05, 3.63) is 35.4 Å². The lowest BCUT2D eigenvalue weighted by atomic mass is 9.95. The molecule has 2 N–H and O–H groups in total. The quantitative estimate of drug-likeness (QED) is 0.786. The summed E-state index contributed by atoms with van der Waals surface area (Å²) in [7, 11) is 0. The molecule has 6 heteroatoms. The van der Waals surface area contributed by atoms with E-state index in [0.29, 0.717) is 0 Å². The highest BCUT2D eigenvalue weighted by Crippen LogP contribution is 2.17. The molecule has 0 atom stereocenters. The van der Waals surface area contributed by atoms with Gasteiger partial charge in [0, 0.05) is 0 Å². The van der Waals surface area contributed by atoms with Gasteiger partial charge >= 0.3 is 17.9 Å². The first-order valence-corrected chi connectivity index (χ1v) is 5.48. The minimum absolute atomic E-state index is 0.101. The summed E-state index contributed by atoms with van der Waals surface area (Å²) in [6.45, 7) is 2.48. The highest BCUT2D eigenvalue weighted by atomic mass is 16.5. The molecule has 0 spiro atoms. The number of carbonyl (C=O) groups excluding carboxylic acids is 1. The molecule has 0 radical (unpaired) electrons. The van der Waals surface area contributed by atoms with Gasteiger partial charge in [0.1, 0.15) is 6.61 Å². The van der Waals surface area contributed by atoms with Crippen LogP contribution in [0.15, 0.2) is 24.3 Å². The van der Waals surface area contributed by atoms with Crippen molar-refractivity contribution in [1.82, 2.24) is 0 Å². The molecule has 0 saturated heterocycles. The average molecular weight is 266 g/mol. The van der Waals surface area contributed by atoms with Crippen LogP contribution in [0.4, 0.5) is 0 Å². The highest BCUT2D eigenvalue weighted by Gasteiger charge is 2.29. The zero-order valence-corrected chi connectivity index (χ0v) is 10.5. The van der Waals surface area contributed by atoms with E-state index >= 15 is 0 Å². The standard InChI is InChI=1S/C13H14O6/c1-13(2,12(17)18)7-19-11(16)9-6-4-3-5-8(9)10(14)15/h3-6H,7H2,1-2H3,(H,14,15)(H,17,18). The SMILES string of the molecule is CC(C)(COC(=O)c1ccccc1C(=O)O)C(=O)O. The number of carboxylic acid groups (broad SMARTS) is 2. The first-order valence-electron chi connectivity index (χ1n) is 5.48. The second kappa shape index (κ2) is 5.51. The first kappa shape index (κ1) is 14.7. The minimum atomic E-state index is -1.25. The number of aliphatic carboxylic acids is 1. The van der Waals surface area contributed by atoms with Crippen molar-refractivity contribution in [3.8, 4) is 0 Å². The molecule has 1 rings (SSSR count). The van der Waals surface area contributed by atoms with E-state index in [9.17, 15) is 14.4 Å². The molecular weight excluding hydrogens is 252 g/mol. The van der Waals surface area contributed by atoms with E-state index in [2.05, 4.69) is 0 Å². The predicted molar refractivity (Wildman–Crippen MR) is 65.1 cm³/mol. The summed E-state index contributed by atoms with van der Waals surface area (Å²) in [5, 5.41) is 17.8. The van der Waals surface area contributed by atoms with Gasteiger partial charge in [-0.1, -0.05) is 12.1 Å². The zero-order chi connectivity index (χ0) is 14.6. The lowest BCUT2D eigenvalue weighted by Crippen LogP contribution is -2.30. The van der Waals surface area contributed by atoms with Crippen LogP contribution in [0.25, 0.3) is 0 Å². The molecule has 102 valence electrons. The molecular formula is C13H14O6. The van der Waals surface area contributed by atoms with Crippen molar-refractivity contribution in [1.29, 1.82) is 0 Å². The maximum absolute atomic E-state index is 11.8. The molecule has 0 unspecified atom stereocenters. The van der Waals surface area contributed by atoms with E-state index in [1.165, 1.54) is 38.1 Å². The third-order valence-electron chi connectivity index (χ3n) is 2.52. The Hall–Kier alpha value is -2.37. The largest absolute Gasteiger partial charge is 0.481 e. The summed E-state index contributed by atoms with van der Waals surface area (Å²) < 4.78 is 4.86. The van der Waals surface area contributed by atoms with Gasteiger partial charge in [-0.25, -0.2) is 9.59 Å². The molecule has 0 aliphatic heterocycles. The fourth-order valence-corrected chi connectivity index (χ4v) is 1.23. The predicted octanol–water partition coefficient (Wildman–Crippen LogP) is 1.65. The molecule has 1 aromatic rings. The smallest absolute Gasteiger partial charge is 0.339 e. The molecule has 0 saturated carbocycles. The lowest BCUT2D eigenvalue weighted by Gasteiger charge is -2.18. The molecule has 1 aromatic carbocycles. The van der Waals surface area contributed by atoms with Gasteiger partial charge in [-0.2, -0.15) is 0 Å². The Balaban J connectivity index is 2.86. The van der Waals surface area contributed by atoms with Crippen LogP contribution in [0.1, 0.15) is 34.6 Å². The maximum atomic E-state index is 11.8. The topological polar surface area (TPSA) is 101 Å². The molecule has 6 nitrogen and oxygen atoms in total. The van der Waals surface area contributed by atoms with Crippen molar-refractivity contribution in [2.45, 2.75) is 13.8 Å². The Kier molecular flexibility index (Phi) is 4.26. The average Bonchev–Trinajstić information content (AvgIpc) is 2.35. The number of hydrogen-bond acceptors (Lipinski definition) is 4. The van der Waals surface area contributed by atoms with Gasteiger partial charge in [-0.05, 0) is 26.0 Å². The summed E-state index contributed by atoms with van der Waals surface area (Å²) in [5.74, 6) is -3.20. The Morgan fingerprint density at radius 3 is 2.11 bits per heavy atom. The van der Waals surface area contributed by atoms with Gasteiger partial charge in [0.15, 0.2) is 0 Å². The third-order valence-corrected chi connectivity index (χ3v) is 2.52. The number of hydrogen-bond donors (Lipinski definition) is 2. The maximum Gasteiger partial charge on any atom is 0.339 e. The van der Waals surface area contributed by atoms with Crippen molar-refractivity contribution >= 4 is 17.9 Å². The van der Waals surface area contributed by atoms with E-state index in [4.69, 9.17) is 14.9 Å². The monoisotopic (exact) mass is 266 g/mol. The summed E-state index contributed by atoms with van der Waals surface area (Å²) in [6.07, 6.45) is 0. The van der Waals surface area contributed by atoms with Crippen molar-refractivity contribution in [2.24, 2.45) is 5.41 Å². The summed E-state index contributed by atoms with van der Waals surface area (Å²) in [6, 6.07) is 5.59. The minimum Gasteiger partial charge on any atom is -0.481 e. The van der Waals surface area contributed by atoms with Crippen LogP contribution in [0.5, 0.6) is 0 Å². The number of rotatable bonds is 5. The second-order valence-electron chi connectivity index (χ2n) is 4.62. The molecule has 19 heavy (non-hydrogen) atoms. The second-order valence-corrected chi connectivity index (χ2v) is 4.62. The first-order chi connectivity index (χ1) is 8.75. The Morgan fingerprint density at radius 1 is 1.11 bits per heavy atom. The third kappa shape index (κ3) is 3.54. The van der Waals surface area contributed by atoms with Crippen molar-refractivity contribution < 1.29 is 29.3 Å². The van der Waals surface area contributed by atoms with Crippen LogP contribution in [0, 0.1) is 5.41 Å². The van der Waals surface area contributed by atoms with E-state index in [1.807, 2.05) is 0 Å². The Morgan fingerprint density at radius 2 is 1.63 bits per heavy atom. The number of ether oxygens (including phenoxy) is 1. The van der Waals surface area contributed by atoms with Gasteiger partial charge in [0.25, 0.3) is 0 Å². The summed E-state index contributed by atoms with van der Waals surface area (Å²) in [5.41, 5.74) is -1.51. The van der Waals surface area contributed by atoms with Crippen LogP contribution in [0.2, 0.25) is 0 Å². The summed E-state index contributed by atoms with van der Waals surface area (Å²) >= 11 is 0. The molecule has 0 amide bonds. The highest BCUT2D eigenvalue weighted by molar-refractivity contribution is 6.02.